The van der Waals surface area contributed by atoms with Crippen LogP contribution in [0.5, 0.6) is 0 Å². The standard InChI is InChI=1S/C11H23N3O2/c1-13(2)6-7-14(3)10(15)11(12)4-8-16-9-5-11/h4-9,12H2,1-3H3. The Labute approximate surface area is 97.5 Å². The summed E-state index contributed by atoms with van der Waals surface area (Å²) in [6, 6.07) is 0. The van der Waals surface area contributed by atoms with Crippen LogP contribution in [0.25, 0.3) is 0 Å². The molecule has 1 saturated heterocycles. The van der Waals surface area contributed by atoms with Crippen molar-refractivity contribution in [2.75, 3.05) is 47.4 Å². The van der Waals surface area contributed by atoms with Gasteiger partial charge < -0.3 is 20.3 Å². The zero-order valence-electron chi connectivity index (χ0n) is 10.5. The number of rotatable bonds is 4. The molecule has 2 N–H and O–H groups in total. The van der Waals surface area contributed by atoms with Crippen LogP contribution in [0.15, 0.2) is 0 Å². The van der Waals surface area contributed by atoms with Gasteiger partial charge in [-0.05, 0) is 26.9 Å². The molecule has 0 bridgehead atoms. The molecule has 0 aromatic rings. The maximum Gasteiger partial charge on any atom is 0.242 e. The van der Waals surface area contributed by atoms with Crippen LogP contribution in [0.2, 0.25) is 0 Å². The second-order valence-corrected chi connectivity index (χ2v) is 4.80. The summed E-state index contributed by atoms with van der Waals surface area (Å²) >= 11 is 0. The van der Waals surface area contributed by atoms with Gasteiger partial charge in [0.2, 0.25) is 5.91 Å². The number of hydrogen-bond donors (Lipinski definition) is 1. The monoisotopic (exact) mass is 229 g/mol. The van der Waals surface area contributed by atoms with Crippen molar-refractivity contribution < 1.29 is 9.53 Å². The average Bonchev–Trinajstić information content (AvgIpc) is 2.25. The van der Waals surface area contributed by atoms with Crippen LogP contribution in [0, 0.1) is 0 Å². The highest BCUT2D eigenvalue weighted by Gasteiger charge is 2.37. The minimum atomic E-state index is -0.709. The molecule has 94 valence electrons. The van der Waals surface area contributed by atoms with E-state index in [2.05, 4.69) is 4.90 Å². The Kier molecular flexibility index (Phi) is 4.70. The highest BCUT2D eigenvalue weighted by atomic mass is 16.5. The van der Waals surface area contributed by atoms with E-state index in [9.17, 15) is 4.79 Å². The predicted molar refractivity (Wildman–Crippen MR) is 63.2 cm³/mol. The van der Waals surface area contributed by atoms with Gasteiger partial charge in [0.25, 0.3) is 0 Å². The molecule has 0 radical (unpaired) electrons. The molecule has 0 unspecified atom stereocenters. The molecular formula is C11H23N3O2. The van der Waals surface area contributed by atoms with Crippen LogP contribution in [-0.2, 0) is 9.53 Å². The minimum Gasteiger partial charge on any atom is -0.381 e. The van der Waals surface area contributed by atoms with Gasteiger partial charge in [-0.25, -0.2) is 0 Å². The van der Waals surface area contributed by atoms with Crippen LogP contribution >= 0.6 is 0 Å². The first-order valence-corrected chi connectivity index (χ1v) is 5.72. The highest BCUT2D eigenvalue weighted by Crippen LogP contribution is 2.19. The first kappa shape index (κ1) is 13.4. The van der Waals surface area contributed by atoms with Crippen molar-refractivity contribution in [3.63, 3.8) is 0 Å². The Bertz CT molecular complexity index is 237. The summed E-state index contributed by atoms with van der Waals surface area (Å²) in [5.41, 5.74) is 5.42. The number of carbonyl (C=O) groups excluding carboxylic acids is 1. The fraction of sp³-hybridized carbons (Fsp3) is 0.909. The van der Waals surface area contributed by atoms with Crippen LogP contribution < -0.4 is 5.73 Å². The van der Waals surface area contributed by atoms with Crippen molar-refractivity contribution in [2.24, 2.45) is 5.73 Å². The smallest absolute Gasteiger partial charge is 0.242 e. The third-order valence-corrected chi connectivity index (χ3v) is 3.04. The van der Waals surface area contributed by atoms with E-state index in [0.29, 0.717) is 32.6 Å². The number of amides is 1. The molecule has 1 amide bonds. The Balaban J connectivity index is 2.48. The van der Waals surface area contributed by atoms with E-state index in [0.717, 1.165) is 6.54 Å². The van der Waals surface area contributed by atoms with E-state index in [1.54, 1.807) is 4.90 Å². The Morgan fingerprint density at radius 3 is 2.31 bits per heavy atom. The average molecular weight is 229 g/mol. The van der Waals surface area contributed by atoms with Crippen LogP contribution in [0.4, 0.5) is 0 Å². The van der Waals surface area contributed by atoms with E-state index < -0.39 is 5.54 Å². The van der Waals surface area contributed by atoms with Crippen LogP contribution in [0.3, 0.4) is 0 Å². The van der Waals surface area contributed by atoms with E-state index in [1.807, 2.05) is 21.1 Å². The van der Waals surface area contributed by atoms with E-state index in [-0.39, 0.29) is 5.91 Å². The first-order chi connectivity index (χ1) is 7.46. The predicted octanol–water partition coefficient (Wildman–Crippen LogP) is -0.486. The number of carbonyl (C=O) groups is 1. The molecule has 16 heavy (non-hydrogen) atoms. The minimum absolute atomic E-state index is 0.0395. The van der Waals surface area contributed by atoms with Gasteiger partial charge in [-0.2, -0.15) is 0 Å². The van der Waals surface area contributed by atoms with E-state index in [1.165, 1.54) is 0 Å². The number of hydrogen-bond acceptors (Lipinski definition) is 4. The summed E-state index contributed by atoms with van der Waals surface area (Å²) in [6.45, 7) is 2.74. The maximum absolute atomic E-state index is 12.2. The maximum atomic E-state index is 12.2. The fourth-order valence-electron chi connectivity index (χ4n) is 1.78. The Hall–Kier alpha value is -0.650. The molecule has 0 atom stereocenters. The topological polar surface area (TPSA) is 58.8 Å². The number of nitrogens with zero attached hydrogens (tertiary/aromatic N) is 2. The SMILES string of the molecule is CN(C)CCN(C)C(=O)C1(N)CCOCC1. The molecular weight excluding hydrogens is 206 g/mol. The normalized spacial score (nSPS) is 19.8. The van der Waals surface area contributed by atoms with E-state index in [4.69, 9.17) is 10.5 Å². The van der Waals surface area contributed by atoms with Gasteiger partial charge in [-0.1, -0.05) is 0 Å². The molecule has 0 aromatic carbocycles. The van der Waals surface area contributed by atoms with Gasteiger partial charge >= 0.3 is 0 Å². The van der Waals surface area contributed by atoms with Crippen molar-refractivity contribution in [1.29, 1.82) is 0 Å². The zero-order chi connectivity index (χ0) is 12.2. The van der Waals surface area contributed by atoms with Gasteiger partial charge in [0.05, 0.1) is 5.54 Å². The summed E-state index contributed by atoms with van der Waals surface area (Å²) in [6.07, 6.45) is 1.25. The zero-order valence-corrected chi connectivity index (χ0v) is 10.5. The molecule has 0 aliphatic carbocycles. The van der Waals surface area contributed by atoms with Crippen LogP contribution in [0.1, 0.15) is 12.8 Å². The molecule has 1 rings (SSSR count). The van der Waals surface area contributed by atoms with Crippen molar-refractivity contribution >= 4 is 5.91 Å². The molecule has 0 spiro atoms. The molecule has 1 fully saturated rings. The summed E-state index contributed by atoms with van der Waals surface area (Å²) in [4.78, 5) is 15.9. The summed E-state index contributed by atoms with van der Waals surface area (Å²) in [5, 5.41) is 0. The fourth-order valence-corrected chi connectivity index (χ4v) is 1.78. The van der Waals surface area contributed by atoms with Gasteiger partial charge in [0.1, 0.15) is 0 Å². The highest BCUT2D eigenvalue weighted by molar-refractivity contribution is 5.86. The third kappa shape index (κ3) is 3.43. The lowest BCUT2D eigenvalue weighted by atomic mass is 9.90. The number of likely N-dealkylation sites (N-methyl/N-ethyl adjacent to an activating group) is 2. The summed E-state index contributed by atoms with van der Waals surface area (Å²) in [5.74, 6) is 0.0395. The second kappa shape index (κ2) is 5.61. The molecule has 0 saturated carbocycles. The largest absolute Gasteiger partial charge is 0.381 e. The van der Waals surface area contributed by atoms with Crippen molar-refractivity contribution in [3.8, 4) is 0 Å². The van der Waals surface area contributed by atoms with Crippen molar-refractivity contribution in [3.05, 3.63) is 0 Å². The van der Waals surface area contributed by atoms with Gasteiger partial charge in [0.15, 0.2) is 0 Å². The van der Waals surface area contributed by atoms with Crippen LogP contribution in [-0.4, -0.2) is 68.7 Å². The van der Waals surface area contributed by atoms with Gasteiger partial charge in [-0.3, -0.25) is 4.79 Å². The summed E-state index contributed by atoms with van der Waals surface area (Å²) < 4.78 is 5.23. The van der Waals surface area contributed by atoms with Crippen molar-refractivity contribution in [2.45, 2.75) is 18.4 Å². The van der Waals surface area contributed by atoms with E-state index >= 15 is 0 Å². The van der Waals surface area contributed by atoms with Gasteiger partial charge in [-0.15, -0.1) is 0 Å². The molecule has 0 aromatic heterocycles. The molecule has 5 nitrogen and oxygen atoms in total. The quantitative estimate of drug-likeness (QED) is 0.707. The van der Waals surface area contributed by atoms with Gasteiger partial charge in [0, 0.05) is 33.4 Å². The van der Waals surface area contributed by atoms with Crippen molar-refractivity contribution in [1.82, 2.24) is 9.80 Å². The first-order valence-electron chi connectivity index (χ1n) is 5.72. The number of ether oxygens (including phenoxy) is 1. The molecule has 5 heteroatoms. The number of nitrogens with two attached hydrogens (primary N) is 1. The summed E-state index contributed by atoms with van der Waals surface area (Å²) in [7, 11) is 5.80. The molecule has 1 aliphatic rings. The molecule has 1 heterocycles. The lowest BCUT2D eigenvalue weighted by molar-refractivity contribution is -0.139. The second-order valence-electron chi connectivity index (χ2n) is 4.80. The lowest BCUT2D eigenvalue weighted by Crippen LogP contribution is -2.57. The molecule has 1 aliphatic heterocycles. The Morgan fingerprint density at radius 2 is 1.81 bits per heavy atom. The third-order valence-electron chi connectivity index (χ3n) is 3.04. The Morgan fingerprint density at radius 1 is 1.25 bits per heavy atom. The lowest BCUT2D eigenvalue weighted by Gasteiger charge is -2.35.